The van der Waals surface area contributed by atoms with Crippen LogP contribution in [0.5, 0.6) is 11.8 Å². The van der Waals surface area contributed by atoms with Gasteiger partial charge in [-0.1, -0.05) is 55.3 Å². The second kappa shape index (κ2) is 22.5. The van der Waals surface area contributed by atoms with E-state index < -0.39 is 29.7 Å². The van der Waals surface area contributed by atoms with Gasteiger partial charge in [0.1, 0.15) is 47.2 Å². The molecule has 7 aromatic rings. The summed E-state index contributed by atoms with van der Waals surface area (Å²) < 4.78 is 50.8. The number of fused-ring (bicyclic) bond motifs is 4. The van der Waals surface area contributed by atoms with E-state index >= 15 is 8.78 Å². The summed E-state index contributed by atoms with van der Waals surface area (Å²) >= 11 is 1.58. The highest BCUT2D eigenvalue weighted by molar-refractivity contribution is 7.13. The van der Waals surface area contributed by atoms with Crippen molar-refractivity contribution >= 4 is 56.5 Å². The summed E-state index contributed by atoms with van der Waals surface area (Å²) in [7, 11) is 0. The van der Waals surface area contributed by atoms with Gasteiger partial charge in [-0.05, 0) is 80.2 Å². The van der Waals surface area contributed by atoms with Gasteiger partial charge in [0, 0.05) is 94.1 Å². The van der Waals surface area contributed by atoms with E-state index in [1.165, 1.54) is 35.4 Å². The van der Waals surface area contributed by atoms with Crippen LogP contribution in [0.3, 0.4) is 0 Å². The molecular formula is C60H65F2N11O7S. The molecule has 6 atom stereocenters. The number of aromatic hydroxyl groups is 1. The zero-order valence-electron chi connectivity index (χ0n) is 45.6. The average molecular weight is 1120 g/mol. The Morgan fingerprint density at radius 2 is 1.72 bits per heavy atom. The van der Waals surface area contributed by atoms with E-state index in [-0.39, 0.29) is 107 Å². The summed E-state index contributed by atoms with van der Waals surface area (Å²) in [5.74, 6) is 0.864. The SMILES string of the molecule is C#Cc1c(F)ccc2cc(O)cc(-c3ncc4c(N5CC6CCC(C5)N6)nc(OCCN5CCC(OC6CN(c7cc([C@@H](C(=O)N8C[C@H](O)C[C@H]8C(=O)N[C@@H](C)c8ccc(-c9scnc9C)cc8)C(C)C)on7)C6)CC5)nc4c3F)c12. The molecule has 0 aliphatic carbocycles. The molecule has 5 fully saturated rings. The fourth-order valence-corrected chi connectivity index (χ4v) is 13.3. The third-order valence-corrected chi connectivity index (χ3v) is 17.7. The average Bonchev–Trinajstić information content (AvgIpc) is 4.36. The molecule has 9 heterocycles. The molecule has 2 bridgehead atoms. The first-order valence-electron chi connectivity index (χ1n) is 28.0. The number of halogens is 2. The molecule has 4 aromatic heterocycles. The van der Waals surface area contributed by atoms with Crippen molar-refractivity contribution < 1.29 is 42.6 Å². The summed E-state index contributed by atoms with van der Waals surface area (Å²) in [4.78, 5) is 55.7. The zero-order valence-corrected chi connectivity index (χ0v) is 46.5. The largest absolute Gasteiger partial charge is 0.508 e. The van der Waals surface area contributed by atoms with Gasteiger partial charge in [-0.3, -0.25) is 19.5 Å². The third kappa shape index (κ3) is 10.9. The minimum Gasteiger partial charge on any atom is -0.508 e. The number of carbonyl (C=O) groups is 2. The number of piperazine rings is 1. The van der Waals surface area contributed by atoms with Gasteiger partial charge >= 0.3 is 6.01 Å². The number of terminal acetylenes is 1. The van der Waals surface area contributed by atoms with Crippen LogP contribution in [0.25, 0.3) is 43.4 Å². The van der Waals surface area contributed by atoms with Crippen LogP contribution in [0.15, 0.2) is 70.8 Å². The lowest BCUT2D eigenvalue weighted by Crippen LogP contribution is -2.54. The molecule has 5 aliphatic rings. The summed E-state index contributed by atoms with van der Waals surface area (Å²) in [6.45, 7) is 12.8. The highest BCUT2D eigenvalue weighted by Crippen LogP contribution is 2.40. The van der Waals surface area contributed by atoms with Crippen LogP contribution in [-0.4, -0.2) is 152 Å². The molecular weight excluding hydrogens is 1060 g/mol. The molecule has 81 heavy (non-hydrogen) atoms. The van der Waals surface area contributed by atoms with Gasteiger partial charge in [0.2, 0.25) is 11.8 Å². The van der Waals surface area contributed by atoms with E-state index in [1.54, 1.807) is 11.3 Å². The van der Waals surface area contributed by atoms with Crippen molar-refractivity contribution in [1.29, 1.82) is 0 Å². The van der Waals surface area contributed by atoms with E-state index in [0.717, 1.165) is 60.5 Å². The fraction of sp³-hybridized carbons (Fsp3) is 0.450. The number of carbonyl (C=O) groups excluding carboxylic acids is 2. The van der Waals surface area contributed by atoms with Gasteiger partial charge in [-0.15, -0.1) is 17.8 Å². The van der Waals surface area contributed by atoms with Crippen molar-refractivity contribution in [2.45, 2.75) is 108 Å². The van der Waals surface area contributed by atoms with Gasteiger partial charge in [0.25, 0.3) is 0 Å². The quantitative estimate of drug-likeness (QED) is 0.0691. The number of aryl methyl sites for hydroxylation is 1. The second-order valence-electron chi connectivity index (χ2n) is 22.6. The van der Waals surface area contributed by atoms with E-state index in [4.69, 9.17) is 25.4 Å². The minimum absolute atomic E-state index is 0.00480. The van der Waals surface area contributed by atoms with Crippen LogP contribution < -0.4 is 25.2 Å². The number of hydrogen-bond donors (Lipinski definition) is 4. The molecule has 0 radical (unpaired) electrons. The molecule has 5 aliphatic heterocycles. The molecule has 2 amide bonds. The van der Waals surface area contributed by atoms with Gasteiger partial charge < -0.3 is 49.5 Å². The molecule has 422 valence electrons. The molecule has 0 spiro atoms. The maximum atomic E-state index is 17.1. The fourth-order valence-electron chi connectivity index (χ4n) is 12.4. The number of piperidine rings is 1. The maximum Gasteiger partial charge on any atom is 0.319 e. The zero-order chi connectivity index (χ0) is 56.2. The van der Waals surface area contributed by atoms with E-state index in [9.17, 15) is 19.8 Å². The van der Waals surface area contributed by atoms with Gasteiger partial charge in [-0.2, -0.15) is 9.97 Å². The lowest BCUT2D eigenvalue weighted by molar-refractivity contribution is -0.141. The number of pyridine rings is 1. The number of nitrogens with one attached hydrogen (secondary N) is 2. The lowest BCUT2D eigenvalue weighted by atomic mass is 9.91. The van der Waals surface area contributed by atoms with Crippen molar-refractivity contribution in [1.82, 2.24) is 45.5 Å². The van der Waals surface area contributed by atoms with Crippen LogP contribution in [0.4, 0.5) is 20.4 Å². The standard InChI is InChI=1S/C60H65F2N11O7S/c1-6-44-47(61)14-11-37-21-40(74)22-45(52(37)44)54-53(62)55-46(25-63-54)57(72-26-38-12-13-39(27-72)66-38)68-60(67-55)78-20-19-70-17-15-42(16-18-70)79-43-29-71(30-43)50-24-49(80-69-50)51(32(2)3)59(77)73-28-41(75)23-48(73)58(76)65-33(4)35-7-9-36(10-8-35)56-34(5)64-31-81-56/h1,7-11,14,21-22,24-25,31-33,38-39,41-43,48,51,66,74-75H,12-13,15-20,23,26-30H2,2-5H3,(H,65,76)/t33-,38?,39?,41+,48-,51-/m0/s1. The molecule has 2 unspecified atom stereocenters. The number of benzene rings is 3. The Bertz CT molecular complexity index is 3530. The van der Waals surface area contributed by atoms with Gasteiger partial charge in [-0.25, -0.2) is 13.8 Å². The number of aromatic nitrogens is 5. The predicted octanol–water partition coefficient (Wildman–Crippen LogP) is 7.50. The van der Waals surface area contributed by atoms with Crippen LogP contribution in [-0.2, 0) is 14.3 Å². The molecule has 18 nitrogen and oxygen atoms in total. The van der Waals surface area contributed by atoms with E-state index in [0.29, 0.717) is 60.9 Å². The van der Waals surface area contributed by atoms with Gasteiger partial charge in [0.15, 0.2) is 17.4 Å². The Kier molecular flexibility index (Phi) is 15.1. The van der Waals surface area contributed by atoms with Crippen molar-refractivity contribution in [3.8, 4) is 45.8 Å². The molecule has 21 heteroatoms. The summed E-state index contributed by atoms with van der Waals surface area (Å²) in [5, 5.41) is 33.7. The summed E-state index contributed by atoms with van der Waals surface area (Å²) in [6, 6.07) is 14.7. The molecule has 12 rings (SSSR count). The molecule has 4 N–H and O–H groups in total. The Morgan fingerprint density at radius 1 is 0.951 bits per heavy atom. The molecule has 5 saturated heterocycles. The van der Waals surface area contributed by atoms with Crippen molar-refractivity contribution in [3.63, 3.8) is 0 Å². The normalized spacial score (nSPS) is 21.4. The Balaban J connectivity index is 0.644. The summed E-state index contributed by atoms with van der Waals surface area (Å²) in [6.07, 6.45) is 10.4. The number of thiazole rings is 1. The number of phenolic OH excluding ortho intramolecular Hbond substituents is 1. The highest BCUT2D eigenvalue weighted by atomic mass is 32.1. The van der Waals surface area contributed by atoms with Crippen LogP contribution in [0.1, 0.15) is 87.4 Å². The number of anilines is 2. The minimum atomic E-state index is -0.843. The van der Waals surface area contributed by atoms with E-state index in [1.807, 2.05) is 63.5 Å². The lowest BCUT2D eigenvalue weighted by Gasteiger charge is -2.42. The maximum absolute atomic E-state index is 17.1. The predicted molar refractivity (Wildman–Crippen MR) is 303 cm³/mol. The van der Waals surface area contributed by atoms with Crippen LogP contribution in [0, 0.1) is 36.8 Å². The smallest absolute Gasteiger partial charge is 0.319 e. The number of amides is 2. The number of likely N-dealkylation sites (tertiary alicyclic amines) is 2. The third-order valence-electron chi connectivity index (χ3n) is 16.7. The number of nitrogens with zero attached hydrogens (tertiary/aromatic N) is 9. The van der Waals surface area contributed by atoms with Crippen molar-refractivity contribution in [2.75, 3.05) is 68.8 Å². The number of rotatable bonds is 16. The van der Waals surface area contributed by atoms with Crippen LogP contribution in [0.2, 0.25) is 0 Å². The number of β-amino-alcohol motifs (C(OH)–C–C–N with tert-alkyl or cyclic N) is 1. The van der Waals surface area contributed by atoms with Crippen LogP contribution >= 0.6 is 11.3 Å². The first-order chi connectivity index (χ1) is 39.2. The number of ether oxygens (including phenoxy) is 2. The Hall–Kier alpha value is -7.35. The Morgan fingerprint density at radius 3 is 2.43 bits per heavy atom. The molecule has 0 saturated carbocycles. The topological polar surface area (TPSA) is 208 Å². The first-order valence-corrected chi connectivity index (χ1v) is 28.8. The summed E-state index contributed by atoms with van der Waals surface area (Å²) in [5.41, 5.74) is 4.72. The van der Waals surface area contributed by atoms with Gasteiger partial charge in [0.05, 0.1) is 51.4 Å². The van der Waals surface area contributed by atoms with Crippen molar-refractivity contribution in [3.05, 3.63) is 101 Å². The monoisotopic (exact) mass is 1120 g/mol. The Labute approximate surface area is 471 Å². The number of phenols is 1. The number of hydrogen-bond acceptors (Lipinski definition) is 17. The second-order valence-corrected chi connectivity index (χ2v) is 23.4. The van der Waals surface area contributed by atoms with E-state index in [2.05, 4.69) is 51.4 Å². The number of aliphatic hydroxyl groups is 1. The first kappa shape index (κ1) is 54.2. The van der Waals surface area contributed by atoms with Crippen molar-refractivity contribution in [2.24, 2.45) is 5.92 Å². The number of aliphatic hydroxyl groups excluding tert-OH is 1. The highest BCUT2D eigenvalue weighted by Gasteiger charge is 2.44. The molecule has 3 aromatic carbocycles.